The Morgan fingerprint density at radius 1 is 0.558 bits per heavy atom. The number of imidazole rings is 2. The molecule has 6 aromatic rings. The van der Waals surface area contributed by atoms with Crippen molar-refractivity contribution in [1.82, 2.24) is 47.5 Å². The summed E-state index contributed by atoms with van der Waals surface area (Å²) in [6.45, 7) is 64.4. The van der Waals surface area contributed by atoms with Crippen molar-refractivity contribution in [3.63, 3.8) is 0 Å². The summed E-state index contributed by atoms with van der Waals surface area (Å²) in [6.07, 6.45) is 13.2. The van der Waals surface area contributed by atoms with Gasteiger partial charge in [0.05, 0.1) is 23.8 Å². The van der Waals surface area contributed by atoms with Gasteiger partial charge in [0, 0.05) is 118 Å². The van der Waals surface area contributed by atoms with Crippen LogP contribution in [0.15, 0.2) is 85.3 Å². The van der Waals surface area contributed by atoms with Gasteiger partial charge >= 0.3 is 5.69 Å². The van der Waals surface area contributed by atoms with Crippen LogP contribution in [0.4, 0.5) is 5.82 Å². The van der Waals surface area contributed by atoms with Gasteiger partial charge in [-0.15, -0.1) is 0 Å². The van der Waals surface area contributed by atoms with E-state index in [9.17, 15) is 9.59 Å². The number of nitrogens with zero attached hydrogens (tertiary/aromatic N) is 11. The van der Waals surface area contributed by atoms with Crippen molar-refractivity contribution in [1.29, 1.82) is 0 Å². The van der Waals surface area contributed by atoms with Gasteiger partial charge in [-0.25, -0.2) is 9.78 Å². The van der Waals surface area contributed by atoms with Crippen molar-refractivity contribution >= 4 is 5.82 Å². The molecule has 0 aromatic carbocycles. The van der Waals surface area contributed by atoms with Crippen LogP contribution >= 0.6 is 0 Å². The Balaban J connectivity index is 0.000000336. The van der Waals surface area contributed by atoms with Crippen molar-refractivity contribution in [2.75, 3.05) is 12.3 Å². The number of nitrogens with two attached hydrogens (primary N) is 1. The van der Waals surface area contributed by atoms with E-state index >= 15 is 0 Å². The van der Waals surface area contributed by atoms with E-state index < -0.39 is 0 Å². The van der Waals surface area contributed by atoms with E-state index in [4.69, 9.17) is 5.73 Å². The molecule has 2 aliphatic heterocycles. The zero-order valence-corrected chi connectivity index (χ0v) is 59.8. The monoisotopic (exact) mass is 1190 g/mol. The second-order valence-corrected chi connectivity index (χ2v) is 26.1. The van der Waals surface area contributed by atoms with Crippen molar-refractivity contribution in [3.05, 3.63) is 154 Å². The molecule has 9 rings (SSSR count). The first-order valence-corrected chi connectivity index (χ1v) is 32.0. The van der Waals surface area contributed by atoms with E-state index in [-0.39, 0.29) is 23.3 Å². The molecule has 3 aliphatic rings. The molecule has 86 heavy (non-hydrogen) atoms. The second kappa shape index (κ2) is 34.8. The zero-order valence-electron chi connectivity index (χ0n) is 59.8. The molecule has 1 fully saturated rings. The van der Waals surface area contributed by atoms with Gasteiger partial charge in [0.15, 0.2) is 0 Å². The fourth-order valence-electron chi connectivity index (χ4n) is 10.9. The molecule has 8 heterocycles. The summed E-state index contributed by atoms with van der Waals surface area (Å²) in [7, 11) is 0. The minimum absolute atomic E-state index is 0.00463. The summed E-state index contributed by atoms with van der Waals surface area (Å²) in [5.41, 5.74) is 25.8. The predicted molar refractivity (Wildman–Crippen MR) is 366 cm³/mol. The largest absolute Gasteiger partial charge is 0.382 e. The number of allylic oxidation sites excluding steroid dienone is 2. The average Bonchev–Trinajstić information content (AvgIpc) is 3.85. The maximum absolute atomic E-state index is 11.4. The summed E-state index contributed by atoms with van der Waals surface area (Å²) >= 11 is 0. The number of anilines is 1. The molecule has 1 saturated carbocycles. The highest BCUT2D eigenvalue weighted by atomic mass is 16.1. The van der Waals surface area contributed by atoms with Crippen LogP contribution in [-0.4, -0.2) is 66.1 Å². The SMILES string of the molecule is CC1=C(C)C(C(C)C)N=N1.CC1=C(C)N(C(C)C)CC1.Cc1[nH]c(=O)n(C(C)C)c1C.Cc1c(N)nn(C(C)C)c1C.Cc1ccc(=O)n(C(C)C)c1C.Cc1ccn(C(C)C)c1C.Cc1ccn(C2CCCC2)c1C.Cc1ncn(C(C)C)c1C. The number of H-pyrrole nitrogens is 1. The van der Waals surface area contributed by atoms with E-state index in [1.54, 1.807) is 16.2 Å². The highest BCUT2D eigenvalue weighted by Gasteiger charge is 2.21. The predicted octanol–water partition coefficient (Wildman–Crippen LogP) is 18.2. The molecule has 3 N–H and O–H groups in total. The molecule has 15 nitrogen and oxygen atoms in total. The molecular weight excluding hydrogens is 1070 g/mol. The minimum Gasteiger partial charge on any atom is -0.382 e. The van der Waals surface area contributed by atoms with Gasteiger partial charge in [-0.2, -0.15) is 15.3 Å². The van der Waals surface area contributed by atoms with Crippen molar-refractivity contribution < 1.29 is 0 Å². The fourth-order valence-corrected chi connectivity index (χ4v) is 10.9. The van der Waals surface area contributed by atoms with E-state index in [1.165, 1.54) is 83.7 Å². The summed E-state index contributed by atoms with van der Waals surface area (Å²) in [6, 6.07) is 11.7. The second-order valence-electron chi connectivity index (χ2n) is 26.1. The molecule has 0 saturated heterocycles. The van der Waals surface area contributed by atoms with Crippen molar-refractivity contribution in [3.8, 4) is 0 Å². The molecule has 1 atom stereocenters. The number of aromatic amines is 1. The van der Waals surface area contributed by atoms with Gasteiger partial charge in [-0.1, -0.05) is 38.3 Å². The molecule has 15 heteroatoms. The van der Waals surface area contributed by atoms with Crippen molar-refractivity contribution in [2.24, 2.45) is 16.1 Å². The number of nitrogen functional groups attached to an aromatic ring is 1. The number of azo groups is 1. The van der Waals surface area contributed by atoms with Gasteiger partial charge in [0.1, 0.15) is 5.82 Å². The Morgan fingerprint density at radius 3 is 1.36 bits per heavy atom. The first-order chi connectivity index (χ1) is 39.9. The van der Waals surface area contributed by atoms with Gasteiger partial charge < -0.3 is 33.9 Å². The number of aryl methyl sites for hydroxylation is 5. The van der Waals surface area contributed by atoms with Crippen LogP contribution in [0.1, 0.15) is 261 Å². The Morgan fingerprint density at radius 2 is 1.09 bits per heavy atom. The fraction of sp³-hybridized carbons (Fsp3) is 0.634. The summed E-state index contributed by atoms with van der Waals surface area (Å²) in [5, 5.41) is 12.4. The lowest BCUT2D eigenvalue weighted by Gasteiger charge is -2.24. The quantitative estimate of drug-likeness (QED) is 0.154. The molecule has 6 aromatic heterocycles. The molecule has 482 valence electrons. The third-order valence-electron chi connectivity index (χ3n) is 17.5. The van der Waals surface area contributed by atoms with Crippen LogP contribution in [0.25, 0.3) is 0 Å². The van der Waals surface area contributed by atoms with E-state index in [2.05, 4.69) is 193 Å². The van der Waals surface area contributed by atoms with Crippen molar-refractivity contribution in [2.45, 2.75) is 288 Å². The van der Waals surface area contributed by atoms with Crippen LogP contribution in [0.3, 0.4) is 0 Å². The van der Waals surface area contributed by atoms with E-state index in [0.717, 1.165) is 45.8 Å². The lowest BCUT2D eigenvalue weighted by atomic mass is 9.98. The Hall–Kier alpha value is -6.38. The molecule has 0 bridgehead atoms. The molecule has 1 aliphatic carbocycles. The van der Waals surface area contributed by atoms with Crippen LogP contribution in [-0.2, 0) is 0 Å². The number of nitrogens with one attached hydrogen (secondary N) is 1. The smallest absolute Gasteiger partial charge is 0.326 e. The standard InChI is InChI=1S/C11H17N.C10H15NO.C9H17N.C9H15N.C8H15N3.C8H14N2O.2C8H14N2/c1-9-7-8-12(10(9)2)11-5-3-4-6-11;1-7(2)11-9(4)8(3)5-6-10(11)12;2*1-7(2)10-6-5-8(3)9(10)4;1-5(2)11-7(4)6(3)8(9)10-11;1-5(2)10-7(4)6(3)9-8(10)11;1-6(2)10-5-9-7(3)8(10)4;1-5(2)8-6(3)7(4)9-10-8/h7-8,11H,3-6H2,1-2H3;5-7H,1-4H3;7H,5-6H2,1-4H3;5-7H,1-4H3;5H,1-4H3,(H2,9,10);5H,1-4H3,(H,9,11);5-6H,1-4H3;5,8H,1-4H3. The summed E-state index contributed by atoms with van der Waals surface area (Å²) in [4.78, 5) is 32.0. The maximum atomic E-state index is 11.4. The van der Waals surface area contributed by atoms with E-state index in [1.807, 2.05) is 105 Å². The first kappa shape index (κ1) is 75.7. The first-order valence-electron chi connectivity index (χ1n) is 32.0. The Kier molecular flexibility index (Phi) is 30.7. The maximum Gasteiger partial charge on any atom is 0.326 e. The van der Waals surface area contributed by atoms with Gasteiger partial charge in [-0.05, 0) is 253 Å². The molecular formula is C71H121N13O2. The molecule has 1 unspecified atom stereocenters. The molecule has 0 spiro atoms. The lowest BCUT2D eigenvalue weighted by molar-refractivity contribution is 0.310. The minimum atomic E-state index is -0.00463. The van der Waals surface area contributed by atoms with Crippen LogP contribution < -0.4 is 17.0 Å². The average molecular weight is 1190 g/mol. The molecule has 0 radical (unpaired) electrons. The van der Waals surface area contributed by atoms with Gasteiger partial charge in [0.25, 0.3) is 5.56 Å². The number of pyridine rings is 1. The highest BCUT2D eigenvalue weighted by molar-refractivity contribution is 5.41. The van der Waals surface area contributed by atoms with Crippen LogP contribution in [0.5, 0.6) is 0 Å². The number of hydrogen-bond donors (Lipinski definition) is 2. The Labute approximate surface area is 521 Å². The lowest BCUT2D eigenvalue weighted by Crippen LogP contribution is -2.26. The van der Waals surface area contributed by atoms with E-state index in [0.29, 0.717) is 41.9 Å². The topological polar surface area (TPSA) is 159 Å². The van der Waals surface area contributed by atoms with Gasteiger partial charge in [-0.3, -0.25) is 14.0 Å². The number of rotatable bonds is 8. The summed E-state index contributed by atoms with van der Waals surface area (Å²) < 4.78 is 12.4. The normalized spacial score (nSPS) is 14.7. The van der Waals surface area contributed by atoms with Gasteiger partial charge in [0.2, 0.25) is 0 Å². The molecule has 0 amide bonds. The Bertz CT molecular complexity index is 3200. The summed E-state index contributed by atoms with van der Waals surface area (Å²) in [5.74, 6) is 1.23. The third kappa shape index (κ3) is 21.2. The highest BCUT2D eigenvalue weighted by Crippen LogP contribution is 2.31. The zero-order chi connectivity index (χ0) is 65.9. The van der Waals surface area contributed by atoms with Crippen LogP contribution in [0.2, 0.25) is 0 Å². The number of aromatic nitrogens is 9. The van der Waals surface area contributed by atoms with Crippen LogP contribution in [0, 0.1) is 89.0 Å². The third-order valence-corrected chi connectivity index (χ3v) is 17.5. The number of hydrogen-bond acceptors (Lipinski definition) is 8.